The van der Waals surface area contributed by atoms with Crippen LogP contribution in [0, 0.1) is 5.82 Å². The first-order chi connectivity index (χ1) is 10.1. The Labute approximate surface area is 124 Å². The first kappa shape index (κ1) is 16.7. The molecule has 0 aliphatic heterocycles. The minimum absolute atomic E-state index is 0.138. The number of benzene rings is 1. The Balaban J connectivity index is 0.00000106. The van der Waals surface area contributed by atoms with Crippen molar-refractivity contribution in [1.29, 1.82) is 0 Å². The molecule has 0 fully saturated rings. The number of carbonyl (C=O) groups is 1. The lowest BCUT2D eigenvalue weighted by atomic mass is 10.3. The third kappa shape index (κ3) is 4.91. The number of carbonyl (C=O) groups excluding carboxylic acids is 1. The maximum atomic E-state index is 13.0. The van der Waals surface area contributed by atoms with Crippen molar-refractivity contribution in [2.45, 2.75) is 33.7 Å². The second kappa shape index (κ2) is 8.04. The number of anilines is 2. The summed E-state index contributed by atoms with van der Waals surface area (Å²) in [5, 5.41) is 9.33. The van der Waals surface area contributed by atoms with Crippen LogP contribution in [0.25, 0.3) is 0 Å². The molecule has 0 unspecified atom stereocenters. The van der Waals surface area contributed by atoms with Gasteiger partial charge < -0.3 is 5.32 Å². The van der Waals surface area contributed by atoms with E-state index in [0.29, 0.717) is 11.5 Å². The van der Waals surface area contributed by atoms with Crippen LogP contribution in [-0.2, 0) is 0 Å². The normalized spacial score (nSPS) is 9.81. The Morgan fingerprint density at radius 1 is 1.24 bits per heavy atom. The summed E-state index contributed by atoms with van der Waals surface area (Å²) in [5.41, 5.74) is 0.396. The van der Waals surface area contributed by atoms with Crippen molar-refractivity contribution in [1.82, 2.24) is 9.78 Å². The lowest BCUT2D eigenvalue weighted by Crippen LogP contribution is -2.22. The van der Waals surface area contributed by atoms with E-state index in [-0.39, 0.29) is 6.04 Å². The molecule has 2 N–H and O–H groups in total. The number of halogens is 1. The van der Waals surface area contributed by atoms with Gasteiger partial charge in [-0.05, 0) is 32.0 Å². The highest BCUT2D eigenvalue weighted by atomic mass is 19.1. The molecule has 5 nitrogen and oxygen atoms in total. The molecule has 0 aliphatic rings. The van der Waals surface area contributed by atoms with Gasteiger partial charge in [0, 0.05) is 17.8 Å². The molecule has 2 amide bonds. The molecule has 21 heavy (non-hydrogen) atoms. The van der Waals surface area contributed by atoms with E-state index in [0.717, 1.165) is 0 Å². The van der Waals surface area contributed by atoms with Crippen LogP contribution < -0.4 is 10.6 Å². The number of hydrogen-bond acceptors (Lipinski definition) is 2. The van der Waals surface area contributed by atoms with Crippen LogP contribution in [0.1, 0.15) is 33.7 Å². The highest BCUT2D eigenvalue weighted by Crippen LogP contribution is 2.14. The summed E-state index contributed by atoms with van der Waals surface area (Å²) < 4.78 is 14.7. The molecule has 2 aromatic rings. The highest BCUT2D eigenvalue weighted by molar-refractivity contribution is 5.99. The van der Waals surface area contributed by atoms with Gasteiger partial charge in [-0.3, -0.25) is 5.32 Å². The van der Waals surface area contributed by atoms with Crippen molar-refractivity contribution in [3.63, 3.8) is 0 Å². The van der Waals surface area contributed by atoms with Crippen molar-refractivity contribution in [2.75, 3.05) is 10.6 Å². The van der Waals surface area contributed by atoms with Gasteiger partial charge in [-0.25, -0.2) is 13.9 Å². The van der Waals surface area contributed by atoms with E-state index in [1.54, 1.807) is 23.0 Å². The molecule has 0 saturated carbocycles. The Hall–Kier alpha value is -2.37. The largest absolute Gasteiger partial charge is 0.324 e. The summed E-state index contributed by atoms with van der Waals surface area (Å²) in [5.74, 6) is 0.189. The molecule has 2 rings (SSSR count). The van der Waals surface area contributed by atoms with Gasteiger partial charge in [0.2, 0.25) is 0 Å². The number of aromatic nitrogens is 2. The zero-order chi connectivity index (χ0) is 15.8. The van der Waals surface area contributed by atoms with E-state index >= 15 is 0 Å². The molecular formula is C15H21FN4O. The van der Waals surface area contributed by atoms with E-state index in [1.807, 2.05) is 27.7 Å². The first-order valence-electron chi connectivity index (χ1n) is 6.93. The predicted octanol–water partition coefficient (Wildman–Crippen LogP) is 4.27. The summed E-state index contributed by atoms with van der Waals surface area (Å²) >= 11 is 0. The van der Waals surface area contributed by atoms with E-state index in [2.05, 4.69) is 15.7 Å². The number of nitrogens with one attached hydrogen (secondary N) is 2. The lowest BCUT2D eigenvalue weighted by Gasteiger charge is -2.12. The van der Waals surface area contributed by atoms with Gasteiger partial charge in [-0.15, -0.1) is 0 Å². The quantitative estimate of drug-likeness (QED) is 0.887. The molecule has 0 radical (unpaired) electrons. The van der Waals surface area contributed by atoms with Gasteiger partial charge in [0.05, 0.1) is 6.20 Å². The number of nitrogens with zero attached hydrogens (tertiary/aromatic N) is 2. The van der Waals surface area contributed by atoms with Crippen molar-refractivity contribution < 1.29 is 9.18 Å². The summed E-state index contributed by atoms with van der Waals surface area (Å²) in [6, 6.07) is 7.11. The first-order valence-corrected chi connectivity index (χ1v) is 6.93. The second-order valence-electron chi connectivity index (χ2n) is 4.34. The maximum absolute atomic E-state index is 13.0. The third-order valence-electron chi connectivity index (χ3n) is 2.48. The van der Waals surface area contributed by atoms with Gasteiger partial charge in [-0.1, -0.05) is 19.9 Å². The number of rotatable bonds is 3. The molecule has 0 atom stereocenters. The van der Waals surface area contributed by atoms with Crippen LogP contribution in [0.3, 0.4) is 0 Å². The Morgan fingerprint density at radius 3 is 2.57 bits per heavy atom. The van der Waals surface area contributed by atoms with Crippen LogP contribution in [-0.4, -0.2) is 15.8 Å². The standard InChI is InChI=1S/C13H15FN4O.C2H6/c1-9(2)18-12(6-7-15-18)17-13(19)16-11-5-3-4-10(14)8-11;1-2/h3-9H,1-2H3,(H2,16,17,19);1-2H3. The SMILES string of the molecule is CC.CC(C)n1nccc1NC(=O)Nc1cccc(F)c1. The Bertz CT molecular complexity index is 581. The molecular weight excluding hydrogens is 271 g/mol. The molecule has 6 heteroatoms. The summed E-state index contributed by atoms with van der Waals surface area (Å²) in [4.78, 5) is 11.8. The monoisotopic (exact) mass is 292 g/mol. The van der Waals surface area contributed by atoms with Crippen LogP contribution >= 0.6 is 0 Å². The smallest absolute Gasteiger partial charge is 0.308 e. The minimum atomic E-state index is -0.437. The second-order valence-corrected chi connectivity index (χ2v) is 4.34. The number of hydrogen-bond donors (Lipinski definition) is 2. The van der Waals surface area contributed by atoms with Gasteiger partial charge in [0.25, 0.3) is 0 Å². The molecule has 0 bridgehead atoms. The van der Waals surface area contributed by atoms with Gasteiger partial charge in [0.1, 0.15) is 11.6 Å². The van der Waals surface area contributed by atoms with E-state index in [4.69, 9.17) is 0 Å². The molecule has 0 saturated heterocycles. The molecule has 0 spiro atoms. The lowest BCUT2D eigenvalue weighted by molar-refractivity contribution is 0.262. The highest BCUT2D eigenvalue weighted by Gasteiger charge is 2.09. The molecule has 1 heterocycles. The van der Waals surface area contributed by atoms with Crippen LogP contribution in [0.4, 0.5) is 20.7 Å². The topological polar surface area (TPSA) is 59.0 Å². The summed E-state index contributed by atoms with van der Waals surface area (Å²) in [6.07, 6.45) is 1.61. The summed E-state index contributed by atoms with van der Waals surface area (Å²) in [7, 11) is 0. The summed E-state index contributed by atoms with van der Waals surface area (Å²) in [6.45, 7) is 7.92. The van der Waals surface area contributed by atoms with E-state index in [9.17, 15) is 9.18 Å². The van der Waals surface area contributed by atoms with Crippen molar-refractivity contribution in [3.8, 4) is 0 Å². The zero-order valence-electron chi connectivity index (χ0n) is 12.7. The molecule has 1 aromatic heterocycles. The number of amides is 2. The maximum Gasteiger partial charge on any atom is 0.324 e. The van der Waals surface area contributed by atoms with Crippen LogP contribution in [0.5, 0.6) is 0 Å². The third-order valence-corrected chi connectivity index (χ3v) is 2.48. The van der Waals surface area contributed by atoms with Crippen molar-refractivity contribution >= 4 is 17.5 Å². The van der Waals surface area contributed by atoms with Gasteiger partial charge in [0.15, 0.2) is 0 Å². The van der Waals surface area contributed by atoms with Gasteiger partial charge >= 0.3 is 6.03 Å². The van der Waals surface area contributed by atoms with Crippen molar-refractivity contribution in [3.05, 3.63) is 42.3 Å². The fourth-order valence-corrected chi connectivity index (χ4v) is 1.67. The average Bonchev–Trinajstić information content (AvgIpc) is 2.89. The molecule has 1 aromatic carbocycles. The predicted molar refractivity (Wildman–Crippen MR) is 83.0 cm³/mol. The van der Waals surface area contributed by atoms with Crippen LogP contribution in [0.15, 0.2) is 36.5 Å². The molecule has 114 valence electrons. The molecule has 0 aliphatic carbocycles. The fraction of sp³-hybridized carbons (Fsp3) is 0.333. The Kier molecular flexibility index (Phi) is 6.39. The number of urea groups is 1. The van der Waals surface area contributed by atoms with E-state index < -0.39 is 11.8 Å². The average molecular weight is 292 g/mol. The van der Waals surface area contributed by atoms with Gasteiger partial charge in [-0.2, -0.15) is 5.10 Å². The van der Waals surface area contributed by atoms with Crippen LogP contribution in [0.2, 0.25) is 0 Å². The minimum Gasteiger partial charge on any atom is -0.308 e. The van der Waals surface area contributed by atoms with Crippen molar-refractivity contribution in [2.24, 2.45) is 0 Å². The Morgan fingerprint density at radius 2 is 1.95 bits per heavy atom. The van der Waals surface area contributed by atoms with E-state index in [1.165, 1.54) is 18.2 Å². The zero-order valence-corrected chi connectivity index (χ0v) is 12.7. The fourth-order valence-electron chi connectivity index (χ4n) is 1.67.